The molecular weight excluding hydrogens is 377 g/mol. The fourth-order valence-corrected chi connectivity index (χ4v) is 3.42. The van der Waals surface area contributed by atoms with Gasteiger partial charge in [-0.1, -0.05) is 6.07 Å². The van der Waals surface area contributed by atoms with E-state index >= 15 is 0 Å². The summed E-state index contributed by atoms with van der Waals surface area (Å²) in [5, 5.41) is 0. The normalized spacial score (nSPS) is 12.6. The molecule has 10 heteroatoms. The maximum atomic E-state index is 12.0. The van der Waals surface area contributed by atoms with Crippen LogP contribution in [0.25, 0.3) is 0 Å². The van der Waals surface area contributed by atoms with E-state index < -0.39 is 22.8 Å². The van der Waals surface area contributed by atoms with Crippen LogP contribution in [0.5, 0.6) is 0 Å². The Kier molecular flexibility index (Phi) is 6.60. The maximum Gasteiger partial charge on any atom is 0.411 e. The number of benzene rings is 1. The van der Waals surface area contributed by atoms with Gasteiger partial charge in [-0.05, 0) is 33.6 Å². The van der Waals surface area contributed by atoms with Gasteiger partial charge in [0.05, 0.1) is 11.5 Å². The molecule has 5 nitrogen and oxygen atoms in total. The molecule has 0 aromatic heterocycles. The van der Waals surface area contributed by atoms with Crippen molar-refractivity contribution in [2.24, 2.45) is 5.73 Å². The number of alkyl halides is 3. The molecule has 0 radical (unpaired) electrons. The lowest BCUT2D eigenvalue weighted by molar-refractivity contribution is -0.173. The highest BCUT2D eigenvalue weighted by Gasteiger charge is 2.27. The molecule has 0 aliphatic carbocycles. The minimum absolute atomic E-state index is 0.0266. The van der Waals surface area contributed by atoms with E-state index in [1.165, 1.54) is 12.1 Å². The summed E-state index contributed by atoms with van der Waals surface area (Å²) in [5.41, 5.74) is 6.05. The van der Waals surface area contributed by atoms with E-state index in [2.05, 4.69) is 25.4 Å². The van der Waals surface area contributed by atoms with Crippen molar-refractivity contribution < 1.29 is 26.3 Å². The molecule has 3 N–H and O–H groups in total. The number of hydrogen-bond acceptors (Lipinski definition) is 4. The monoisotopic (exact) mass is 390 g/mol. The van der Waals surface area contributed by atoms with E-state index in [1.807, 2.05) is 0 Å². The molecule has 0 atom stereocenters. The first kappa shape index (κ1) is 18.4. The summed E-state index contributed by atoms with van der Waals surface area (Å²) in [5.74, 6) is 0. The first-order valence-corrected chi connectivity index (χ1v) is 8.06. The third kappa shape index (κ3) is 6.30. The van der Waals surface area contributed by atoms with Gasteiger partial charge in [-0.25, -0.2) is 13.1 Å². The Morgan fingerprint density at radius 1 is 1.33 bits per heavy atom. The smallest absolute Gasteiger partial charge is 0.371 e. The second kappa shape index (κ2) is 7.54. The molecule has 0 amide bonds. The lowest BCUT2D eigenvalue weighted by Gasteiger charge is -2.11. The third-order valence-corrected chi connectivity index (χ3v) is 4.78. The van der Waals surface area contributed by atoms with Crippen molar-refractivity contribution in [3.63, 3.8) is 0 Å². The van der Waals surface area contributed by atoms with Crippen molar-refractivity contribution in [3.8, 4) is 0 Å². The van der Waals surface area contributed by atoms with Crippen LogP contribution >= 0.6 is 15.9 Å². The molecule has 1 aromatic carbocycles. The highest BCUT2D eigenvalue weighted by atomic mass is 79.9. The minimum atomic E-state index is -4.43. The van der Waals surface area contributed by atoms with Crippen molar-refractivity contribution in [1.29, 1.82) is 0 Å². The Bertz CT molecular complexity index is 579. The SMILES string of the molecule is NCc1ccc(Br)c(S(=O)(=O)NCCOCC(F)(F)F)c1. The number of sulfonamides is 1. The standard InChI is InChI=1S/C11H14BrF3N2O3S/c12-9-2-1-8(6-16)5-10(9)21(18,19)17-3-4-20-7-11(13,14)15/h1-2,5,17H,3-4,6-7,16H2. The molecular formula is C11H14BrF3N2O3S. The van der Waals surface area contributed by atoms with Gasteiger partial charge in [-0.3, -0.25) is 0 Å². The Morgan fingerprint density at radius 2 is 2.00 bits per heavy atom. The first-order valence-electron chi connectivity index (χ1n) is 5.78. The van der Waals surface area contributed by atoms with Gasteiger partial charge in [0.2, 0.25) is 10.0 Å². The van der Waals surface area contributed by atoms with Crippen LogP contribution in [0.2, 0.25) is 0 Å². The zero-order chi connectivity index (χ0) is 16.1. The number of halogens is 4. The minimum Gasteiger partial charge on any atom is -0.371 e. The third-order valence-electron chi connectivity index (χ3n) is 2.33. The maximum absolute atomic E-state index is 12.0. The van der Waals surface area contributed by atoms with Gasteiger partial charge in [0.1, 0.15) is 6.61 Å². The molecule has 0 heterocycles. The molecule has 0 bridgehead atoms. The van der Waals surface area contributed by atoms with E-state index in [0.717, 1.165) is 0 Å². The van der Waals surface area contributed by atoms with Crippen LogP contribution in [0.1, 0.15) is 5.56 Å². The van der Waals surface area contributed by atoms with Crippen molar-refractivity contribution in [2.75, 3.05) is 19.8 Å². The van der Waals surface area contributed by atoms with Gasteiger partial charge in [0.25, 0.3) is 0 Å². The second-order valence-corrected chi connectivity index (χ2v) is 6.62. The average molecular weight is 391 g/mol. The predicted octanol–water partition coefficient (Wildman–Crippen LogP) is 1.77. The van der Waals surface area contributed by atoms with Crippen LogP contribution in [0.4, 0.5) is 13.2 Å². The zero-order valence-corrected chi connectivity index (χ0v) is 13.2. The summed E-state index contributed by atoms with van der Waals surface area (Å²) in [4.78, 5) is -0.0266. The van der Waals surface area contributed by atoms with Gasteiger partial charge in [-0.15, -0.1) is 0 Å². The summed E-state index contributed by atoms with van der Waals surface area (Å²) in [6.07, 6.45) is -4.43. The van der Waals surface area contributed by atoms with Crippen molar-refractivity contribution in [2.45, 2.75) is 17.6 Å². The molecule has 0 saturated heterocycles. The summed E-state index contributed by atoms with van der Waals surface area (Å²) in [7, 11) is -3.85. The summed E-state index contributed by atoms with van der Waals surface area (Å²) in [6, 6.07) is 4.59. The van der Waals surface area contributed by atoms with E-state index in [0.29, 0.717) is 10.0 Å². The van der Waals surface area contributed by atoms with Crippen LogP contribution in [-0.2, 0) is 21.3 Å². The number of hydrogen-bond donors (Lipinski definition) is 2. The Hall–Kier alpha value is -0.680. The number of rotatable bonds is 7. The van der Waals surface area contributed by atoms with Crippen LogP contribution in [-0.4, -0.2) is 34.4 Å². The molecule has 120 valence electrons. The van der Waals surface area contributed by atoms with Crippen LogP contribution in [0.15, 0.2) is 27.6 Å². The average Bonchev–Trinajstić information content (AvgIpc) is 2.37. The fourth-order valence-electron chi connectivity index (χ4n) is 1.39. The summed E-state index contributed by atoms with van der Waals surface area (Å²) >= 11 is 3.10. The highest BCUT2D eigenvalue weighted by Crippen LogP contribution is 2.23. The van der Waals surface area contributed by atoms with Crippen molar-refractivity contribution in [1.82, 2.24) is 4.72 Å². The van der Waals surface area contributed by atoms with Crippen LogP contribution < -0.4 is 10.5 Å². The Morgan fingerprint density at radius 3 is 2.57 bits per heavy atom. The molecule has 1 rings (SSSR count). The van der Waals surface area contributed by atoms with E-state index in [9.17, 15) is 21.6 Å². The summed E-state index contributed by atoms with van der Waals surface area (Å²) in [6.45, 7) is -1.89. The highest BCUT2D eigenvalue weighted by molar-refractivity contribution is 9.10. The molecule has 1 aromatic rings. The first-order chi connectivity index (χ1) is 9.65. The van der Waals surface area contributed by atoms with Gasteiger partial charge in [0, 0.05) is 17.6 Å². The molecule has 0 fully saturated rings. The fraction of sp³-hybridized carbons (Fsp3) is 0.455. The van der Waals surface area contributed by atoms with E-state index in [4.69, 9.17) is 5.73 Å². The molecule has 0 aliphatic heterocycles. The molecule has 0 saturated carbocycles. The number of nitrogens with one attached hydrogen (secondary N) is 1. The van der Waals surface area contributed by atoms with Crippen LogP contribution in [0, 0.1) is 0 Å². The summed E-state index contributed by atoms with van der Waals surface area (Å²) < 4.78 is 66.4. The quantitative estimate of drug-likeness (QED) is 0.695. The van der Waals surface area contributed by atoms with Crippen molar-refractivity contribution in [3.05, 3.63) is 28.2 Å². The predicted molar refractivity (Wildman–Crippen MR) is 74.1 cm³/mol. The second-order valence-electron chi connectivity index (χ2n) is 4.03. The van der Waals surface area contributed by atoms with Crippen LogP contribution in [0.3, 0.4) is 0 Å². The molecule has 0 aliphatic rings. The zero-order valence-electron chi connectivity index (χ0n) is 10.8. The van der Waals surface area contributed by atoms with Crippen molar-refractivity contribution >= 4 is 26.0 Å². The van der Waals surface area contributed by atoms with Gasteiger partial charge < -0.3 is 10.5 Å². The van der Waals surface area contributed by atoms with Gasteiger partial charge >= 0.3 is 6.18 Å². The Balaban J connectivity index is 2.62. The number of nitrogens with two attached hydrogens (primary N) is 1. The largest absolute Gasteiger partial charge is 0.411 e. The molecule has 0 unspecified atom stereocenters. The number of ether oxygens (including phenoxy) is 1. The van der Waals surface area contributed by atoms with E-state index in [-0.39, 0.29) is 24.6 Å². The van der Waals surface area contributed by atoms with Gasteiger partial charge in [0.15, 0.2) is 0 Å². The lowest BCUT2D eigenvalue weighted by atomic mass is 10.2. The lowest BCUT2D eigenvalue weighted by Crippen LogP contribution is -2.29. The molecule has 21 heavy (non-hydrogen) atoms. The van der Waals surface area contributed by atoms with Gasteiger partial charge in [-0.2, -0.15) is 13.2 Å². The Labute approximate surface area is 128 Å². The van der Waals surface area contributed by atoms with E-state index in [1.54, 1.807) is 6.07 Å². The molecule has 0 spiro atoms. The topological polar surface area (TPSA) is 81.4 Å².